The molecule has 1 amide bonds. The van der Waals surface area contributed by atoms with Gasteiger partial charge in [0.25, 0.3) is 0 Å². The summed E-state index contributed by atoms with van der Waals surface area (Å²) in [4.78, 5) is 17.3. The Hall–Kier alpha value is -3.00. The quantitative estimate of drug-likeness (QED) is 0.583. The number of hydrogen-bond acceptors (Lipinski definition) is 5. The number of rotatable bonds is 7. The number of benzene rings is 1. The maximum Gasteiger partial charge on any atom is 0.227 e. The highest BCUT2D eigenvalue weighted by Crippen LogP contribution is 2.62. The zero-order valence-electron chi connectivity index (χ0n) is 18.5. The molecule has 7 nitrogen and oxygen atoms in total. The molecule has 172 valence electrons. The molecule has 3 fully saturated rings. The number of nitrogens with zero attached hydrogens (tertiary/aromatic N) is 3. The molecule has 3 aromatic rings. The molecule has 3 aliphatic rings. The van der Waals surface area contributed by atoms with Crippen LogP contribution in [0.1, 0.15) is 32.2 Å². The topological polar surface area (TPSA) is 78.3 Å². The van der Waals surface area contributed by atoms with Gasteiger partial charge in [-0.15, -0.1) is 0 Å². The average molecular weight is 451 g/mol. The lowest BCUT2D eigenvalue weighted by Crippen LogP contribution is -2.31. The first kappa shape index (κ1) is 20.6. The number of carbonyl (C=O) groups is 1. The van der Waals surface area contributed by atoms with E-state index in [0.717, 1.165) is 30.5 Å². The third kappa shape index (κ3) is 3.76. The summed E-state index contributed by atoms with van der Waals surface area (Å²) in [6.07, 6.45) is 8.06. The van der Waals surface area contributed by atoms with Gasteiger partial charge >= 0.3 is 0 Å². The minimum absolute atomic E-state index is 0.00723. The Labute approximate surface area is 191 Å². The second-order valence-corrected chi connectivity index (χ2v) is 9.49. The number of hydrogen-bond donors (Lipinski definition) is 1. The SMILES string of the molecule is CCC(C(=O)Nc1cnn(C2COC2)c1)[C@H]1[C@@H]2C[C@H](Oc3ccnc4ccc(F)cc34)C[C@@H]21. The molecule has 1 aromatic carbocycles. The molecule has 6 rings (SSSR count). The largest absolute Gasteiger partial charge is 0.490 e. The first-order valence-corrected chi connectivity index (χ1v) is 11.7. The second-order valence-electron chi connectivity index (χ2n) is 9.49. The number of carbonyl (C=O) groups excluding carboxylic acids is 1. The van der Waals surface area contributed by atoms with E-state index in [0.29, 0.717) is 42.1 Å². The van der Waals surface area contributed by atoms with Crippen LogP contribution in [0, 0.1) is 29.5 Å². The highest BCUT2D eigenvalue weighted by molar-refractivity contribution is 5.92. The lowest BCUT2D eigenvalue weighted by Gasteiger charge is -2.25. The third-order valence-corrected chi connectivity index (χ3v) is 7.53. The number of anilines is 1. The lowest BCUT2D eigenvalue weighted by molar-refractivity contribution is -0.121. The van der Waals surface area contributed by atoms with E-state index in [1.165, 1.54) is 12.1 Å². The van der Waals surface area contributed by atoms with Gasteiger partial charge in [0.2, 0.25) is 5.91 Å². The number of amides is 1. The normalized spacial score (nSPS) is 27.1. The molecule has 2 aliphatic carbocycles. The van der Waals surface area contributed by atoms with Crippen molar-refractivity contribution in [3.05, 3.63) is 48.7 Å². The van der Waals surface area contributed by atoms with E-state index < -0.39 is 0 Å². The fourth-order valence-electron chi connectivity index (χ4n) is 5.76. The Morgan fingerprint density at radius 2 is 2.12 bits per heavy atom. The van der Waals surface area contributed by atoms with Crippen molar-refractivity contribution in [2.45, 2.75) is 38.3 Å². The van der Waals surface area contributed by atoms with Gasteiger partial charge in [0.05, 0.1) is 42.8 Å². The highest BCUT2D eigenvalue weighted by Gasteiger charge is 2.60. The first-order valence-electron chi connectivity index (χ1n) is 11.7. The van der Waals surface area contributed by atoms with Gasteiger partial charge in [-0.3, -0.25) is 14.5 Å². The Morgan fingerprint density at radius 1 is 1.30 bits per heavy atom. The van der Waals surface area contributed by atoms with Crippen LogP contribution in [0.2, 0.25) is 0 Å². The zero-order valence-corrected chi connectivity index (χ0v) is 18.5. The van der Waals surface area contributed by atoms with Crippen molar-refractivity contribution in [1.82, 2.24) is 14.8 Å². The molecular formula is C25H27FN4O3. The summed E-state index contributed by atoms with van der Waals surface area (Å²) < 4.78 is 27.1. The Morgan fingerprint density at radius 3 is 2.85 bits per heavy atom. The minimum Gasteiger partial charge on any atom is -0.490 e. The van der Waals surface area contributed by atoms with Gasteiger partial charge in [0.15, 0.2) is 0 Å². The fourth-order valence-corrected chi connectivity index (χ4v) is 5.76. The van der Waals surface area contributed by atoms with Crippen LogP contribution in [0.4, 0.5) is 10.1 Å². The van der Waals surface area contributed by atoms with E-state index in [9.17, 15) is 9.18 Å². The maximum atomic E-state index is 13.7. The van der Waals surface area contributed by atoms with E-state index in [1.54, 1.807) is 24.5 Å². The summed E-state index contributed by atoms with van der Waals surface area (Å²) in [6.45, 7) is 3.43. The van der Waals surface area contributed by atoms with Crippen LogP contribution in [0.5, 0.6) is 5.75 Å². The molecule has 1 N–H and O–H groups in total. The Kier molecular flexibility index (Phi) is 5.05. The molecule has 0 radical (unpaired) electrons. The molecule has 1 saturated heterocycles. The van der Waals surface area contributed by atoms with Gasteiger partial charge in [-0.1, -0.05) is 6.92 Å². The number of aromatic nitrogens is 3. The molecule has 3 heterocycles. The summed E-state index contributed by atoms with van der Waals surface area (Å²) in [5, 5.41) is 8.12. The smallest absolute Gasteiger partial charge is 0.227 e. The monoisotopic (exact) mass is 450 g/mol. The zero-order chi connectivity index (χ0) is 22.5. The Bertz CT molecular complexity index is 1180. The molecule has 2 saturated carbocycles. The number of pyridine rings is 1. The molecule has 2 aromatic heterocycles. The molecule has 1 unspecified atom stereocenters. The van der Waals surface area contributed by atoms with Crippen LogP contribution >= 0.6 is 0 Å². The van der Waals surface area contributed by atoms with Gasteiger partial charge in [-0.2, -0.15) is 5.10 Å². The molecular weight excluding hydrogens is 423 g/mol. The van der Waals surface area contributed by atoms with Gasteiger partial charge in [-0.25, -0.2) is 4.39 Å². The predicted octanol–water partition coefficient (Wildman–Crippen LogP) is 4.21. The molecule has 0 bridgehead atoms. The number of halogens is 1. The van der Waals surface area contributed by atoms with Crippen LogP contribution in [0.25, 0.3) is 10.9 Å². The summed E-state index contributed by atoms with van der Waals surface area (Å²) >= 11 is 0. The van der Waals surface area contributed by atoms with E-state index in [2.05, 4.69) is 22.3 Å². The van der Waals surface area contributed by atoms with Crippen LogP contribution < -0.4 is 10.1 Å². The van der Waals surface area contributed by atoms with Crippen LogP contribution in [0.3, 0.4) is 0 Å². The summed E-state index contributed by atoms with van der Waals surface area (Å²) in [5.74, 6) is 1.87. The molecule has 1 aliphatic heterocycles. The second kappa shape index (κ2) is 8.09. The van der Waals surface area contributed by atoms with Gasteiger partial charge in [-0.05, 0) is 61.3 Å². The maximum absolute atomic E-state index is 13.7. The van der Waals surface area contributed by atoms with Crippen LogP contribution in [-0.4, -0.2) is 40.0 Å². The van der Waals surface area contributed by atoms with E-state index >= 15 is 0 Å². The van der Waals surface area contributed by atoms with E-state index in [-0.39, 0.29) is 29.8 Å². The number of ether oxygens (including phenoxy) is 2. The minimum atomic E-state index is -0.293. The standard InChI is InChI=1S/C25H27FN4O3/c1-2-18(25(31)29-15-10-28-30(11-15)16-12-32-13-16)24-19-8-17(9-20(19)24)33-23-5-6-27-22-4-3-14(26)7-21(22)23/h3-7,10-11,16-20,24H,2,8-9,12-13H2,1H3,(H,29,31)/t17-,18?,19+,20-,24-. The van der Waals surface area contributed by atoms with E-state index in [1.807, 2.05) is 10.9 Å². The van der Waals surface area contributed by atoms with Crippen molar-refractivity contribution in [2.75, 3.05) is 18.5 Å². The van der Waals surface area contributed by atoms with Crippen molar-refractivity contribution < 1.29 is 18.7 Å². The highest BCUT2D eigenvalue weighted by atomic mass is 19.1. The van der Waals surface area contributed by atoms with E-state index in [4.69, 9.17) is 9.47 Å². The molecule has 5 atom stereocenters. The van der Waals surface area contributed by atoms with Gasteiger partial charge < -0.3 is 14.8 Å². The van der Waals surface area contributed by atoms with Crippen molar-refractivity contribution in [3.8, 4) is 5.75 Å². The Balaban J connectivity index is 1.07. The molecule has 0 spiro atoms. The van der Waals surface area contributed by atoms with Crippen molar-refractivity contribution >= 4 is 22.5 Å². The molecule has 8 heteroatoms. The third-order valence-electron chi connectivity index (χ3n) is 7.53. The predicted molar refractivity (Wildman–Crippen MR) is 120 cm³/mol. The number of nitrogens with one attached hydrogen (secondary N) is 1. The summed E-state index contributed by atoms with van der Waals surface area (Å²) in [7, 11) is 0. The van der Waals surface area contributed by atoms with Crippen molar-refractivity contribution in [2.24, 2.45) is 23.7 Å². The summed E-state index contributed by atoms with van der Waals surface area (Å²) in [5.41, 5.74) is 1.47. The average Bonchev–Trinajstić information content (AvgIpc) is 3.09. The van der Waals surface area contributed by atoms with Crippen molar-refractivity contribution in [1.29, 1.82) is 0 Å². The lowest BCUT2D eigenvalue weighted by atomic mass is 9.93. The first-order chi connectivity index (χ1) is 16.1. The number of fused-ring (bicyclic) bond motifs is 2. The fraction of sp³-hybridized carbons (Fsp3) is 0.480. The van der Waals surface area contributed by atoms with Crippen LogP contribution in [-0.2, 0) is 9.53 Å². The molecule has 33 heavy (non-hydrogen) atoms. The van der Waals surface area contributed by atoms with Crippen molar-refractivity contribution in [3.63, 3.8) is 0 Å². The van der Waals surface area contributed by atoms with Gasteiger partial charge in [0, 0.05) is 23.7 Å². The van der Waals surface area contributed by atoms with Crippen LogP contribution in [0.15, 0.2) is 42.9 Å². The summed E-state index contributed by atoms with van der Waals surface area (Å²) in [6, 6.07) is 6.64. The van der Waals surface area contributed by atoms with Gasteiger partial charge in [0.1, 0.15) is 11.6 Å².